The molecular weight excluding hydrogens is 182 g/mol. The molecule has 0 radical (unpaired) electrons. The molecule has 0 saturated carbocycles. The van der Waals surface area contributed by atoms with Crippen molar-refractivity contribution in [2.24, 2.45) is 4.36 Å². The van der Waals surface area contributed by atoms with E-state index in [4.69, 9.17) is 0 Å². The number of hydrogen-bond acceptors (Lipinski definition) is 2. The van der Waals surface area contributed by atoms with Gasteiger partial charge in [0, 0.05) is 11.5 Å². The van der Waals surface area contributed by atoms with Crippen molar-refractivity contribution in [1.29, 1.82) is 0 Å². The zero-order chi connectivity index (χ0) is 9.31. The third-order valence-corrected chi connectivity index (χ3v) is 4.69. The molecule has 13 heavy (non-hydrogen) atoms. The molecule has 2 nitrogen and oxygen atoms in total. The first-order valence-electron chi connectivity index (χ1n) is 4.48. The van der Waals surface area contributed by atoms with E-state index in [0.717, 1.165) is 29.2 Å². The van der Waals surface area contributed by atoms with Crippen LogP contribution in [-0.2, 0) is 9.73 Å². The van der Waals surface area contributed by atoms with Crippen LogP contribution in [0.4, 0.5) is 5.69 Å². The van der Waals surface area contributed by atoms with Gasteiger partial charge in [-0.25, -0.2) is 4.21 Å². The molecule has 1 aliphatic rings. The summed E-state index contributed by atoms with van der Waals surface area (Å²) in [5.41, 5.74) is 2.00. The molecule has 0 aliphatic carbocycles. The maximum Gasteiger partial charge on any atom is 0.0759 e. The summed E-state index contributed by atoms with van der Waals surface area (Å²) in [6.07, 6.45) is 1.06. The van der Waals surface area contributed by atoms with Crippen LogP contribution in [0.3, 0.4) is 0 Å². The number of benzene rings is 1. The smallest absolute Gasteiger partial charge is 0.0759 e. The van der Waals surface area contributed by atoms with Crippen LogP contribution in [0.2, 0.25) is 0 Å². The Kier molecular flexibility index (Phi) is 2.12. The summed E-state index contributed by atoms with van der Waals surface area (Å²) in [4.78, 5) is 0. The molecule has 1 aromatic rings. The number of aryl methyl sites for hydroxylation is 1. The van der Waals surface area contributed by atoms with Crippen molar-refractivity contribution in [3.63, 3.8) is 0 Å². The third kappa shape index (κ3) is 1.75. The zero-order valence-electron chi connectivity index (χ0n) is 7.69. The molecule has 1 saturated heterocycles. The van der Waals surface area contributed by atoms with E-state index in [2.05, 4.69) is 4.36 Å². The van der Waals surface area contributed by atoms with Crippen LogP contribution in [0.15, 0.2) is 28.6 Å². The van der Waals surface area contributed by atoms with Gasteiger partial charge in [-0.05, 0) is 25.0 Å². The van der Waals surface area contributed by atoms with Crippen LogP contribution in [0.1, 0.15) is 12.0 Å². The topological polar surface area (TPSA) is 29.4 Å². The highest BCUT2D eigenvalue weighted by atomic mass is 32.2. The first kappa shape index (κ1) is 8.75. The molecule has 70 valence electrons. The largest absolute Gasteiger partial charge is 0.249 e. The Bertz CT molecular complexity index is 420. The Morgan fingerprint density at radius 1 is 1.31 bits per heavy atom. The van der Waals surface area contributed by atoms with Crippen LogP contribution in [0, 0.1) is 6.92 Å². The van der Waals surface area contributed by atoms with Crippen LogP contribution in [-0.4, -0.2) is 15.7 Å². The lowest BCUT2D eigenvalue weighted by Gasteiger charge is -2.18. The lowest BCUT2D eigenvalue weighted by Crippen LogP contribution is -2.23. The van der Waals surface area contributed by atoms with Crippen LogP contribution >= 0.6 is 0 Å². The summed E-state index contributed by atoms with van der Waals surface area (Å²) < 4.78 is 16.1. The summed E-state index contributed by atoms with van der Waals surface area (Å²) in [6, 6.07) is 7.84. The lowest BCUT2D eigenvalue weighted by molar-refractivity contribution is 0.663. The fourth-order valence-corrected chi connectivity index (χ4v) is 2.86. The van der Waals surface area contributed by atoms with E-state index in [9.17, 15) is 4.21 Å². The van der Waals surface area contributed by atoms with E-state index in [1.54, 1.807) is 0 Å². The van der Waals surface area contributed by atoms with E-state index in [1.165, 1.54) is 0 Å². The van der Waals surface area contributed by atoms with Crippen molar-refractivity contribution in [3.05, 3.63) is 29.8 Å². The number of hydrogen-bond donors (Lipinski definition) is 0. The summed E-state index contributed by atoms with van der Waals surface area (Å²) in [5, 5.41) is 0. The van der Waals surface area contributed by atoms with Gasteiger partial charge in [-0.1, -0.05) is 18.2 Å². The number of rotatable bonds is 1. The maximum absolute atomic E-state index is 11.8. The Balaban J connectivity index is 2.43. The third-order valence-electron chi connectivity index (χ3n) is 2.31. The van der Waals surface area contributed by atoms with Crippen molar-refractivity contribution in [2.45, 2.75) is 13.3 Å². The molecule has 1 aliphatic heterocycles. The van der Waals surface area contributed by atoms with Gasteiger partial charge in [0.1, 0.15) is 0 Å². The minimum atomic E-state index is -1.84. The van der Waals surface area contributed by atoms with E-state index in [1.807, 2.05) is 31.2 Å². The Morgan fingerprint density at radius 3 is 2.54 bits per heavy atom. The summed E-state index contributed by atoms with van der Waals surface area (Å²) in [6.45, 7) is 2.00. The van der Waals surface area contributed by atoms with Gasteiger partial charge in [-0.2, -0.15) is 4.36 Å². The van der Waals surface area contributed by atoms with Gasteiger partial charge in [0.05, 0.1) is 15.4 Å². The van der Waals surface area contributed by atoms with E-state index in [0.29, 0.717) is 0 Å². The molecule has 0 amide bonds. The summed E-state index contributed by atoms with van der Waals surface area (Å²) in [7, 11) is -1.84. The van der Waals surface area contributed by atoms with Crippen LogP contribution in [0.25, 0.3) is 0 Å². The number of nitrogens with zero attached hydrogens (tertiary/aromatic N) is 1. The van der Waals surface area contributed by atoms with Crippen molar-refractivity contribution in [1.82, 2.24) is 0 Å². The van der Waals surface area contributed by atoms with Crippen LogP contribution in [0.5, 0.6) is 0 Å². The molecule has 0 aromatic heterocycles. The lowest BCUT2D eigenvalue weighted by atomic mass is 10.2. The van der Waals surface area contributed by atoms with E-state index in [-0.39, 0.29) is 0 Å². The van der Waals surface area contributed by atoms with Gasteiger partial charge >= 0.3 is 0 Å². The molecular formula is C10H13NOS. The monoisotopic (exact) mass is 195 g/mol. The molecule has 1 fully saturated rings. The molecule has 0 unspecified atom stereocenters. The molecule has 0 bridgehead atoms. The minimum Gasteiger partial charge on any atom is -0.249 e. The summed E-state index contributed by atoms with van der Waals surface area (Å²) >= 11 is 0. The SMILES string of the molecule is Cc1ccccc1N=S1(=O)CCC1. The standard InChI is InChI=1S/C10H13NOS/c1-9-5-2-3-6-10(9)11-13(12)7-4-8-13/h2-3,5-6H,4,7-8H2,1H3. The Morgan fingerprint density at radius 2 is 2.00 bits per heavy atom. The second-order valence-corrected chi connectivity index (χ2v) is 5.96. The van der Waals surface area contributed by atoms with E-state index >= 15 is 0 Å². The first-order chi connectivity index (χ1) is 6.20. The second-order valence-electron chi connectivity index (χ2n) is 3.41. The van der Waals surface area contributed by atoms with Gasteiger partial charge in [-0.3, -0.25) is 0 Å². The molecule has 2 rings (SSSR count). The van der Waals surface area contributed by atoms with Gasteiger partial charge < -0.3 is 0 Å². The maximum atomic E-state index is 11.8. The minimum absolute atomic E-state index is 0.779. The van der Waals surface area contributed by atoms with Gasteiger partial charge in [0.15, 0.2) is 0 Å². The van der Waals surface area contributed by atoms with E-state index < -0.39 is 9.73 Å². The van der Waals surface area contributed by atoms with Gasteiger partial charge in [0.2, 0.25) is 0 Å². The van der Waals surface area contributed by atoms with Crippen molar-refractivity contribution >= 4 is 15.4 Å². The average molecular weight is 195 g/mol. The zero-order valence-corrected chi connectivity index (χ0v) is 8.51. The molecule has 0 spiro atoms. The second kappa shape index (κ2) is 3.14. The molecule has 1 heterocycles. The van der Waals surface area contributed by atoms with Crippen LogP contribution < -0.4 is 0 Å². The summed E-state index contributed by atoms with van der Waals surface area (Å²) in [5.74, 6) is 1.56. The highest BCUT2D eigenvalue weighted by Crippen LogP contribution is 2.23. The molecule has 3 heteroatoms. The Labute approximate surface area is 79.2 Å². The van der Waals surface area contributed by atoms with Gasteiger partial charge in [0.25, 0.3) is 0 Å². The quantitative estimate of drug-likeness (QED) is 0.677. The first-order valence-corrected chi connectivity index (χ1v) is 6.33. The highest BCUT2D eigenvalue weighted by Gasteiger charge is 2.19. The Hall–Kier alpha value is -0.830. The molecule has 1 aromatic carbocycles. The van der Waals surface area contributed by atoms with Crippen molar-refractivity contribution in [2.75, 3.05) is 11.5 Å². The fraction of sp³-hybridized carbons (Fsp3) is 0.400. The highest BCUT2D eigenvalue weighted by molar-refractivity contribution is 7.95. The normalized spacial score (nSPS) is 19.2. The average Bonchev–Trinajstić information content (AvgIpc) is 2.06. The molecule has 0 atom stereocenters. The van der Waals surface area contributed by atoms with Gasteiger partial charge in [-0.15, -0.1) is 0 Å². The fourth-order valence-electron chi connectivity index (χ4n) is 1.33. The predicted octanol–water partition coefficient (Wildman–Crippen LogP) is 2.50. The van der Waals surface area contributed by atoms with Crippen molar-refractivity contribution in [3.8, 4) is 0 Å². The van der Waals surface area contributed by atoms with Crippen molar-refractivity contribution < 1.29 is 4.21 Å². The predicted molar refractivity (Wildman–Crippen MR) is 55.8 cm³/mol. The molecule has 0 N–H and O–H groups in total.